The average molecular weight is 162 g/mol. The van der Waals surface area contributed by atoms with Crippen molar-refractivity contribution in [2.45, 2.75) is 26.1 Å². The Balaban J connectivity index is 3.22. The molecule has 0 amide bonds. The van der Waals surface area contributed by atoms with Crippen molar-refractivity contribution in [3.63, 3.8) is 0 Å². The molecule has 0 bridgehead atoms. The summed E-state index contributed by atoms with van der Waals surface area (Å²) in [5, 5.41) is 0. The maximum Gasteiger partial charge on any atom is 0.0781 e. The van der Waals surface area contributed by atoms with E-state index in [0.717, 1.165) is 0 Å². The summed E-state index contributed by atoms with van der Waals surface area (Å²) in [5.41, 5.74) is 0. The van der Waals surface area contributed by atoms with Crippen LogP contribution in [0.2, 0.25) is 0 Å². The SMILES string of the molecule is COC[C@@H](C)OC[C@@H](C)OC. The van der Waals surface area contributed by atoms with Gasteiger partial charge in [0, 0.05) is 14.2 Å². The van der Waals surface area contributed by atoms with Gasteiger partial charge in [-0.3, -0.25) is 0 Å². The molecule has 0 aliphatic heterocycles. The van der Waals surface area contributed by atoms with Crippen molar-refractivity contribution in [1.82, 2.24) is 0 Å². The third-order valence-corrected chi connectivity index (χ3v) is 1.42. The van der Waals surface area contributed by atoms with Crippen LogP contribution in [0.15, 0.2) is 0 Å². The molecule has 0 radical (unpaired) electrons. The highest BCUT2D eigenvalue weighted by Gasteiger charge is 2.04. The second-order valence-corrected chi connectivity index (χ2v) is 2.65. The summed E-state index contributed by atoms with van der Waals surface area (Å²) in [6.45, 7) is 5.21. The lowest BCUT2D eigenvalue weighted by molar-refractivity contribution is -0.0386. The summed E-state index contributed by atoms with van der Waals surface area (Å²) in [7, 11) is 3.34. The normalized spacial score (nSPS) is 16.4. The Kier molecular flexibility index (Phi) is 6.51. The van der Waals surface area contributed by atoms with Gasteiger partial charge in [0.2, 0.25) is 0 Å². The van der Waals surface area contributed by atoms with E-state index in [2.05, 4.69) is 0 Å². The molecular weight excluding hydrogens is 144 g/mol. The fourth-order valence-corrected chi connectivity index (χ4v) is 0.651. The zero-order valence-electron chi connectivity index (χ0n) is 7.79. The van der Waals surface area contributed by atoms with Crippen LogP contribution < -0.4 is 0 Å². The monoisotopic (exact) mass is 162 g/mol. The molecule has 0 N–H and O–H groups in total. The molecule has 0 rings (SSSR count). The fourth-order valence-electron chi connectivity index (χ4n) is 0.651. The molecule has 0 saturated heterocycles. The van der Waals surface area contributed by atoms with E-state index in [0.29, 0.717) is 13.2 Å². The minimum atomic E-state index is 0.151. The lowest BCUT2D eigenvalue weighted by atomic mass is 10.4. The number of hydrogen-bond donors (Lipinski definition) is 0. The van der Waals surface area contributed by atoms with E-state index in [1.54, 1.807) is 14.2 Å². The molecule has 0 aromatic rings. The van der Waals surface area contributed by atoms with Crippen molar-refractivity contribution in [3.05, 3.63) is 0 Å². The molecule has 2 atom stereocenters. The van der Waals surface area contributed by atoms with E-state index in [9.17, 15) is 0 Å². The van der Waals surface area contributed by atoms with Gasteiger partial charge < -0.3 is 14.2 Å². The van der Waals surface area contributed by atoms with Crippen LogP contribution in [0, 0.1) is 0 Å². The summed E-state index contributed by atoms with van der Waals surface area (Å²) in [5.74, 6) is 0. The fraction of sp³-hybridized carbons (Fsp3) is 1.00. The molecule has 0 fully saturated rings. The Hall–Kier alpha value is -0.120. The summed E-state index contributed by atoms with van der Waals surface area (Å²) in [4.78, 5) is 0. The predicted molar refractivity (Wildman–Crippen MR) is 43.8 cm³/mol. The zero-order chi connectivity index (χ0) is 8.69. The van der Waals surface area contributed by atoms with Gasteiger partial charge in [0.25, 0.3) is 0 Å². The van der Waals surface area contributed by atoms with E-state index < -0.39 is 0 Å². The van der Waals surface area contributed by atoms with Gasteiger partial charge in [-0.25, -0.2) is 0 Å². The molecule has 0 aliphatic rings. The van der Waals surface area contributed by atoms with Crippen molar-refractivity contribution >= 4 is 0 Å². The first-order valence-corrected chi connectivity index (χ1v) is 3.84. The average Bonchev–Trinajstić information content (AvgIpc) is 2.01. The predicted octanol–water partition coefficient (Wildman–Crippen LogP) is 1.07. The third kappa shape index (κ3) is 6.28. The summed E-state index contributed by atoms with van der Waals surface area (Å²) >= 11 is 0. The van der Waals surface area contributed by atoms with Gasteiger partial charge in [-0.2, -0.15) is 0 Å². The maximum atomic E-state index is 5.39. The van der Waals surface area contributed by atoms with Gasteiger partial charge in [0.15, 0.2) is 0 Å². The first kappa shape index (κ1) is 10.9. The van der Waals surface area contributed by atoms with Crippen LogP contribution in [0.1, 0.15) is 13.8 Å². The molecule has 3 nitrogen and oxygen atoms in total. The molecule has 0 spiro atoms. The molecule has 0 aliphatic carbocycles. The van der Waals surface area contributed by atoms with E-state index in [1.165, 1.54) is 0 Å². The molecule has 11 heavy (non-hydrogen) atoms. The molecule has 68 valence electrons. The lowest BCUT2D eigenvalue weighted by Crippen LogP contribution is -2.21. The molecule has 0 saturated carbocycles. The van der Waals surface area contributed by atoms with Crippen LogP contribution in [-0.4, -0.2) is 39.6 Å². The summed E-state index contributed by atoms with van der Waals surface area (Å²) in [6, 6.07) is 0. The zero-order valence-corrected chi connectivity index (χ0v) is 7.79. The van der Waals surface area contributed by atoms with Crippen molar-refractivity contribution in [2.75, 3.05) is 27.4 Å². The summed E-state index contributed by atoms with van der Waals surface area (Å²) in [6.07, 6.45) is 0.312. The number of rotatable bonds is 6. The second kappa shape index (κ2) is 6.58. The van der Waals surface area contributed by atoms with Gasteiger partial charge in [-0.15, -0.1) is 0 Å². The van der Waals surface area contributed by atoms with Gasteiger partial charge in [0.1, 0.15) is 0 Å². The standard InChI is InChI=1S/C8H18O3/c1-7(10-4)6-11-8(2)5-9-3/h7-8H,5-6H2,1-4H3/t7-,8-/m1/s1. The lowest BCUT2D eigenvalue weighted by Gasteiger charge is -2.14. The van der Waals surface area contributed by atoms with E-state index in [1.807, 2.05) is 13.8 Å². The minimum absolute atomic E-state index is 0.151. The highest BCUT2D eigenvalue weighted by molar-refractivity contribution is 4.50. The Bertz CT molecular complexity index is 85.4. The Morgan fingerprint density at radius 2 is 1.64 bits per heavy atom. The molecule has 0 unspecified atom stereocenters. The van der Waals surface area contributed by atoms with Crippen molar-refractivity contribution in [3.8, 4) is 0 Å². The number of hydrogen-bond acceptors (Lipinski definition) is 3. The van der Waals surface area contributed by atoms with Gasteiger partial charge in [-0.1, -0.05) is 0 Å². The smallest absolute Gasteiger partial charge is 0.0781 e. The second-order valence-electron chi connectivity index (χ2n) is 2.65. The number of methoxy groups -OCH3 is 2. The first-order valence-electron chi connectivity index (χ1n) is 3.84. The summed E-state index contributed by atoms with van der Waals surface area (Å²) < 4.78 is 15.3. The van der Waals surface area contributed by atoms with Crippen LogP contribution in [0.5, 0.6) is 0 Å². The topological polar surface area (TPSA) is 27.7 Å². The van der Waals surface area contributed by atoms with Crippen LogP contribution in [-0.2, 0) is 14.2 Å². The van der Waals surface area contributed by atoms with E-state index in [4.69, 9.17) is 14.2 Å². The van der Waals surface area contributed by atoms with Crippen molar-refractivity contribution < 1.29 is 14.2 Å². The van der Waals surface area contributed by atoms with Gasteiger partial charge >= 0.3 is 0 Å². The Morgan fingerprint density at radius 3 is 2.09 bits per heavy atom. The third-order valence-electron chi connectivity index (χ3n) is 1.42. The first-order chi connectivity index (χ1) is 5.20. The maximum absolute atomic E-state index is 5.39. The van der Waals surface area contributed by atoms with E-state index >= 15 is 0 Å². The molecule has 0 aromatic heterocycles. The molecule has 0 aromatic carbocycles. The van der Waals surface area contributed by atoms with Crippen LogP contribution in [0.25, 0.3) is 0 Å². The number of ether oxygens (including phenoxy) is 3. The molecule has 3 heteroatoms. The van der Waals surface area contributed by atoms with Gasteiger partial charge in [0.05, 0.1) is 25.4 Å². The van der Waals surface area contributed by atoms with Crippen LogP contribution in [0.4, 0.5) is 0 Å². The Labute approximate surface area is 68.6 Å². The van der Waals surface area contributed by atoms with E-state index in [-0.39, 0.29) is 12.2 Å². The quantitative estimate of drug-likeness (QED) is 0.584. The van der Waals surface area contributed by atoms with Crippen LogP contribution >= 0.6 is 0 Å². The minimum Gasteiger partial charge on any atom is -0.382 e. The van der Waals surface area contributed by atoms with Crippen molar-refractivity contribution in [2.24, 2.45) is 0 Å². The molecular formula is C8H18O3. The van der Waals surface area contributed by atoms with Gasteiger partial charge in [-0.05, 0) is 13.8 Å². The largest absolute Gasteiger partial charge is 0.382 e. The highest BCUT2D eigenvalue weighted by Crippen LogP contribution is 1.95. The molecule has 0 heterocycles. The van der Waals surface area contributed by atoms with Crippen molar-refractivity contribution in [1.29, 1.82) is 0 Å². The Morgan fingerprint density at radius 1 is 1.00 bits per heavy atom. The van der Waals surface area contributed by atoms with Crippen LogP contribution in [0.3, 0.4) is 0 Å². The highest BCUT2D eigenvalue weighted by atomic mass is 16.5.